The van der Waals surface area contributed by atoms with Crippen LogP contribution in [0.2, 0.25) is 0 Å². The van der Waals surface area contributed by atoms with Crippen molar-refractivity contribution in [1.29, 1.82) is 0 Å². The molecule has 0 saturated heterocycles. The van der Waals surface area contributed by atoms with Gasteiger partial charge < -0.3 is 14.2 Å². The number of hydrogen-bond donors (Lipinski definition) is 0. The highest BCUT2D eigenvalue weighted by molar-refractivity contribution is 5.71. The molecule has 0 aliphatic rings. The highest BCUT2D eigenvalue weighted by atomic mass is 16.6. The van der Waals surface area contributed by atoms with Crippen molar-refractivity contribution in [3.05, 3.63) is 122 Å². The minimum atomic E-state index is -0.837. The van der Waals surface area contributed by atoms with Crippen LogP contribution in [-0.4, -0.2) is 37.2 Å². The fraction of sp³-hybridized carbons (Fsp3) is 0.589. The maximum absolute atomic E-state index is 12.7. The lowest BCUT2D eigenvalue weighted by atomic mass is 10.1. The third-order valence-corrected chi connectivity index (χ3v) is 9.90. The molecule has 0 aliphatic carbocycles. The van der Waals surface area contributed by atoms with E-state index in [1.807, 2.05) is 91.1 Å². The molecule has 0 fully saturated rings. The molecule has 0 N–H and O–H groups in total. The lowest BCUT2D eigenvalue weighted by Gasteiger charge is -2.18. The SMILES string of the molecule is CC/C=C/C=C/C=C/C=C/C=C/CCCC(=O)OC(COC(=O)CCCCC/C=C/C=C/C=C/C=C/CC)COC(=O)CCCCCCC/C=C/CCCCCCCCCCC. The van der Waals surface area contributed by atoms with Gasteiger partial charge in [-0.25, -0.2) is 0 Å². The summed E-state index contributed by atoms with van der Waals surface area (Å²) in [5, 5.41) is 0. The monoisotopic (exact) mass is 857 g/mol. The van der Waals surface area contributed by atoms with E-state index in [2.05, 4.69) is 51.2 Å². The van der Waals surface area contributed by atoms with Gasteiger partial charge in [0.15, 0.2) is 6.10 Å². The van der Waals surface area contributed by atoms with Crippen molar-refractivity contribution in [2.24, 2.45) is 0 Å². The van der Waals surface area contributed by atoms with Gasteiger partial charge in [0.05, 0.1) is 0 Å². The van der Waals surface area contributed by atoms with E-state index in [1.54, 1.807) is 0 Å². The molecule has 0 amide bonds. The molecular weight excluding hydrogens is 769 g/mol. The van der Waals surface area contributed by atoms with E-state index >= 15 is 0 Å². The van der Waals surface area contributed by atoms with E-state index in [4.69, 9.17) is 14.2 Å². The van der Waals surface area contributed by atoms with Gasteiger partial charge in [-0.05, 0) is 77.0 Å². The minimum absolute atomic E-state index is 0.127. The van der Waals surface area contributed by atoms with Gasteiger partial charge in [0, 0.05) is 19.3 Å². The zero-order valence-electron chi connectivity index (χ0n) is 39.6. The highest BCUT2D eigenvalue weighted by Gasteiger charge is 2.19. The third kappa shape index (κ3) is 46.9. The Morgan fingerprint density at radius 2 is 0.661 bits per heavy atom. The van der Waals surface area contributed by atoms with Crippen molar-refractivity contribution >= 4 is 17.9 Å². The van der Waals surface area contributed by atoms with E-state index in [-0.39, 0.29) is 31.6 Å². The van der Waals surface area contributed by atoms with Gasteiger partial charge in [-0.15, -0.1) is 0 Å². The van der Waals surface area contributed by atoms with Crippen LogP contribution in [0.15, 0.2) is 122 Å². The Morgan fingerprint density at radius 3 is 1.10 bits per heavy atom. The quantitative estimate of drug-likeness (QED) is 0.0200. The first kappa shape index (κ1) is 57.8. The number of allylic oxidation sites excluding steroid dienone is 20. The molecule has 0 spiro atoms. The molecule has 0 aromatic carbocycles. The molecule has 348 valence electrons. The summed E-state index contributed by atoms with van der Waals surface area (Å²) in [4.78, 5) is 37.9. The third-order valence-electron chi connectivity index (χ3n) is 9.90. The van der Waals surface area contributed by atoms with Crippen LogP contribution in [0.25, 0.3) is 0 Å². The molecule has 62 heavy (non-hydrogen) atoms. The fourth-order valence-electron chi connectivity index (χ4n) is 6.24. The van der Waals surface area contributed by atoms with Crippen LogP contribution in [-0.2, 0) is 28.6 Å². The number of hydrogen-bond acceptors (Lipinski definition) is 6. The second kappa shape index (κ2) is 49.5. The zero-order chi connectivity index (χ0) is 45.1. The Labute approximate surface area is 380 Å². The molecule has 0 aromatic rings. The van der Waals surface area contributed by atoms with Crippen molar-refractivity contribution in [1.82, 2.24) is 0 Å². The van der Waals surface area contributed by atoms with Gasteiger partial charge in [0.2, 0.25) is 0 Å². The molecule has 0 radical (unpaired) electrons. The largest absolute Gasteiger partial charge is 0.462 e. The first-order valence-electron chi connectivity index (χ1n) is 24.7. The molecule has 0 aliphatic heterocycles. The van der Waals surface area contributed by atoms with Crippen LogP contribution in [0, 0.1) is 0 Å². The fourth-order valence-corrected chi connectivity index (χ4v) is 6.24. The van der Waals surface area contributed by atoms with Gasteiger partial charge in [-0.2, -0.15) is 0 Å². The van der Waals surface area contributed by atoms with Crippen LogP contribution in [0.3, 0.4) is 0 Å². The minimum Gasteiger partial charge on any atom is -0.462 e. The highest BCUT2D eigenvalue weighted by Crippen LogP contribution is 2.13. The summed E-state index contributed by atoms with van der Waals surface area (Å²) in [6.45, 7) is 6.22. The molecule has 1 unspecified atom stereocenters. The Hall–Kier alpha value is -4.19. The average molecular weight is 857 g/mol. The number of ether oxygens (including phenoxy) is 3. The Balaban J connectivity index is 4.53. The van der Waals surface area contributed by atoms with E-state index in [0.717, 1.165) is 77.0 Å². The van der Waals surface area contributed by atoms with Crippen LogP contribution < -0.4 is 0 Å². The summed E-state index contributed by atoms with van der Waals surface area (Å²) in [5.41, 5.74) is 0. The molecule has 0 bridgehead atoms. The van der Waals surface area contributed by atoms with E-state index < -0.39 is 12.1 Å². The number of esters is 3. The van der Waals surface area contributed by atoms with E-state index in [9.17, 15) is 14.4 Å². The summed E-state index contributed by atoms with van der Waals surface area (Å²) in [7, 11) is 0. The van der Waals surface area contributed by atoms with Crippen molar-refractivity contribution in [3.63, 3.8) is 0 Å². The molecule has 6 nitrogen and oxygen atoms in total. The Morgan fingerprint density at radius 1 is 0.339 bits per heavy atom. The smallest absolute Gasteiger partial charge is 0.306 e. The topological polar surface area (TPSA) is 78.9 Å². The molecule has 0 aromatic heterocycles. The lowest BCUT2D eigenvalue weighted by molar-refractivity contribution is -0.167. The van der Waals surface area contributed by atoms with Gasteiger partial charge >= 0.3 is 17.9 Å². The summed E-state index contributed by atoms with van der Waals surface area (Å²) in [6, 6.07) is 0. The number of carbonyl (C=O) groups excluding carboxylic acids is 3. The first-order chi connectivity index (χ1) is 30.5. The maximum atomic E-state index is 12.7. The predicted octanol–water partition coefficient (Wildman–Crippen LogP) is 16.1. The Kier molecular flexibility index (Phi) is 46.1. The van der Waals surface area contributed by atoms with Crippen molar-refractivity contribution in [2.75, 3.05) is 13.2 Å². The van der Waals surface area contributed by atoms with Gasteiger partial charge in [0.25, 0.3) is 0 Å². The number of rotatable bonds is 42. The predicted molar refractivity (Wildman–Crippen MR) is 265 cm³/mol. The molecule has 0 saturated carbocycles. The van der Waals surface area contributed by atoms with Crippen molar-refractivity contribution in [2.45, 2.75) is 200 Å². The summed E-state index contributed by atoms with van der Waals surface area (Å²) in [5.74, 6) is -1.06. The van der Waals surface area contributed by atoms with E-state index in [0.29, 0.717) is 19.3 Å². The van der Waals surface area contributed by atoms with Gasteiger partial charge in [0.1, 0.15) is 13.2 Å². The maximum Gasteiger partial charge on any atom is 0.306 e. The van der Waals surface area contributed by atoms with Crippen molar-refractivity contribution < 1.29 is 28.6 Å². The molecule has 6 heteroatoms. The van der Waals surface area contributed by atoms with E-state index in [1.165, 1.54) is 70.6 Å². The number of unbranched alkanes of at least 4 members (excludes halogenated alkanes) is 18. The standard InChI is InChI=1S/C56H88O6/c1-4-7-10-13-16-19-22-25-26-27-28-29-32-34-37-40-43-46-49-55(58)61-52-53(62-56(59)50-47-44-41-38-35-31-24-21-18-15-12-9-6-3)51-60-54(57)48-45-42-39-36-33-30-23-20-17-14-11-8-5-2/h8-9,11-12,14-15,17-18,20-21,23-24,28-31,33,35,38,41,53H,4-7,10,13,16,19,22,25-27,32,34,36-37,39-40,42-52H2,1-3H3/b11-8+,12-9+,17-14+,18-15+,23-20+,24-21+,29-28+,33-30+,35-31+,41-38+. The molecule has 1 atom stereocenters. The van der Waals surface area contributed by atoms with Gasteiger partial charge in [-0.3, -0.25) is 14.4 Å². The van der Waals surface area contributed by atoms with Crippen LogP contribution in [0.1, 0.15) is 194 Å². The zero-order valence-corrected chi connectivity index (χ0v) is 39.6. The van der Waals surface area contributed by atoms with Gasteiger partial charge in [-0.1, -0.05) is 219 Å². The second-order valence-electron chi connectivity index (χ2n) is 15.8. The normalized spacial score (nSPS) is 13.1. The van der Waals surface area contributed by atoms with Crippen LogP contribution in [0.4, 0.5) is 0 Å². The average Bonchev–Trinajstić information content (AvgIpc) is 3.27. The van der Waals surface area contributed by atoms with Crippen LogP contribution >= 0.6 is 0 Å². The second-order valence-corrected chi connectivity index (χ2v) is 15.8. The number of carbonyl (C=O) groups is 3. The van der Waals surface area contributed by atoms with Crippen LogP contribution in [0.5, 0.6) is 0 Å². The summed E-state index contributed by atoms with van der Waals surface area (Å²) >= 11 is 0. The Bertz CT molecular complexity index is 1350. The molecule has 0 rings (SSSR count). The summed E-state index contributed by atoms with van der Waals surface area (Å²) < 4.78 is 16.6. The van der Waals surface area contributed by atoms with Crippen molar-refractivity contribution in [3.8, 4) is 0 Å². The molecule has 0 heterocycles. The summed E-state index contributed by atoms with van der Waals surface area (Å²) in [6.07, 6.45) is 67.7. The molecular formula is C56H88O6. The first-order valence-corrected chi connectivity index (χ1v) is 24.7. The lowest BCUT2D eigenvalue weighted by Crippen LogP contribution is -2.30.